The fourth-order valence-electron chi connectivity index (χ4n) is 3.72. The van der Waals surface area contributed by atoms with Gasteiger partial charge < -0.3 is 24.8 Å². The van der Waals surface area contributed by atoms with Crippen LogP contribution >= 0.6 is 0 Å². The molecule has 0 radical (unpaired) electrons. The van der Waals surface area contributed by atoms with Gasteiger partial charge in [0.05, 0.1) is 7.11 Å². The third-order valence-corrected chi connectivity index (χ3v) is 5.85. The summed E-state index contributed by atoms with van der Waals surface area (Å²) in [6.45, 7) is 4.11. The van der Waals surface area contributed by atoms with Crippen LogP contribution in [0.5, 0.6) is 5.75 Å². The van der Waals surface area contributed by atoms with Crippen molar-refractivity contribution in [3.63, 3.8) is 0 Å². The van der Waals surface area contributed by atoms with E-state index in [-0.39, 0.29) is 18.9 Å². The summed E-state index contributed by atoms with van der Waals surface area (Å²) < 4.78 is 16.0. The summed E-state index contributed by atoms with van der Waals surface area (Å²) in [5.41, 5.74) is 2.70. The first kappa shape index (κ1) is 28.2. The van der Waals surface area contributed by atoms with Crippen LogP contribution in [0, 0.1) is 5.92 Å². The second-order valence-electron chi connectivity index (χ2n) is 9.13. The van der Waals surface area contributed by atoms with Crippen molar-refractivity contribution in [1.29, 1.82) is 0 Å². The van der Waals surface area contributed by atoms with Crippen LogP contribution in [0.15, 0.2) is 84.9 Å². The standard InChI is InChI=1S/C30H34N2O6/c1-21(2)27(32-30(35)38-20-24-12-8-5-9-13-24)28(33)31-26(29(34)36-3)18-22-14-16-25(17-15-22)37-19-23-10-6-4-7-11-23/h4-17,21,26-27H,18-20H2,1-3H3,(H,31,33)(H,32,35)/t26-,27+/m1/s1. The monoisotopic (exact) mass is 518 g/mol. The third-order valence-electron chi connectivity index (χ3n) is 5.85. The number of carbonyl (C=O) groups excluding carboxylic acids is 3. The number of rotatable bonds is 12. The van der Waals surface area contributed by atoms with Crippen molar-refractivity contribution < 1.29 is 28.6 Å². The van der Waals surface area contributed by atoms with E-state index in [1.54, 1.807) is 13.8 Å². The normalized spacial score (nSPS) is 12.2. The molecule has 8 heteroatoms. The van der Waals surface area contributed by atoms with Crippen molar-refractivity contribution in [2.45, 2.75) is 45.6 Å². The lowest BCUT2D eigenvalue weighted by molar-refractivity contribution is -0.145. The minimum atomic E-state index is -0.938. The zero-order valence-corrected chi connectivity index (χ0v) is 21.9. The van der Waals surface area contributed by atoms with Gasteiger partial charge in [0.2, 0.25) is 5.91 Å². The summed E-state index contributed by atoms with van der Waals surface area (Å²) >= 11 is 0. The molecule has 0 heterocycles. The number of hydrogen-bond donors (Lipinski definition) is 2. The molecule has 2 N–H and O–H groups in total. The fraction of sp³-hybridized carbons (Fsp3) is 0.300. The van der Waals surface area contributed by atoms with Crippen LogP contribution in [-0.4, -0.2) is 37.2 Å². The molecule has 0 bridgehead atoms. The molecule has 0 unspecified atom stereocenters. The van der Waals surface area contributed by atoms with Crippen LogP contribution < -0.4 is 15.4 Å². The van der Waals surface area contributed by atoms with Crippen molar-refractivity contribution in [3.8, 4) is 5.75 Å². The van der Waals surface area contributed by atoms with Gasteiger partial charge in [-0.3, -0.25) is 4.79 Å². The zero-order chi connectivity index (χ0) is 27.3. The first-order chi connectivity index (χ1) is 18.4. The van der Waals surface area contributed by atoms with Gasteiger partial charge in [0.1, 0.15) is 31.0 Å². The highest BCUT2D eigenvalue weighted by molar-refractivity contribution is 5.90. The highest BCUT2D eigenvalue weighted by Crippen LogP contribution is 2.16. The molecule has 0 spiro atoms. The van der Waals surface area contributed by atoms with Gasteiger partial charge in [-0.15, -0.1) is 0 Å². The van der Waals surface area contributed by atoms with Crippen LogP contribution in [0.4, 0.5) is 4.79 Å². The van der Waals surface area contributed by atoms with Gasteiger partial charge in [-0.05, 0) is 34.7 Å². The number of esters is 1. The number of benzene rings is 3. The average Bonchev–Trinajstić information content (AvgIpc) is 2.94. The maximum absolute atomic E-state index is 13.1. The Morgan fingerprint density at radius 2 is 1.32 bits per heavy atom. The van der Waals surface area contributed by atoms with Gasteiger partial charge in [0.25, 0.3) is 0 Å². The minimum Gasteiger partial charge on any atom is -0.489 e. The molecule has 0 aliphatic rings. The summed E-state index contributed by atoms with van der Waals surface area (Å²) in [5.74, 6) is -0.653. The largest absolute Gasteiger partial charge is 0.489 e. The van der Waals surface area contributed by atoms with Crippen LogP contribution in [-0.2, 0) is 38.7 Å². The maximum Gasteiger partial charge on any atom is 0.408 e. The van der Waals surface area contributed by atoms with Crippen molar-refractivity contribution >= 4 is 18.0 Å². The van der Waals surface area contributed by atoms with Crippen LogP contribution in [0.25, 0.3) is 0 Å². The lowest BCUT2D eigenvalue weighted by atomic mass is 10.0. The Morgan fingerprint density at radius 3 is 1.87 bits per heavy atom. The Bertz CT molecular complexity index is 1170. The summed E-state index contributed by atoms with van der Waals surface area (Å²) in [6, 6.07) is 24.5. The molecule has 0 fully saturated rings. The Labute approximate surface area is 223 Å². The van der Waals surface area contributed by atoms with E-state index in [1.807, 2.05) is 84.9 Å². The second kappa shape index (κ2) is 14.4. The summed E-state index contributed by atoms with van der Waals surface area (Å²) in [5, 5.41) is 5.33. The molecule has 8 nitrogen and oxygen atoms in total. The first-order valence-electron chi connectivity index (χ1n) is 12.5. The van der Waals surface area contributed by atoms with Gasteiger partial charge >= 0.3 is 12.1 Å². The van der Waals surface area contributed by atoms with E-state index in [2.05, 4.69) is 10.6 Å². The molecule has 3 aromatic carbocycles. The molecule has 0 aliphatic carbocycles. The second-order valence-corrected chi connectivity index (χ2v) is 9.13. The number of nitrogens with one attached hydrogen (secondary N) is 2. The smallest absolute Gasteiger partial charge is 0.408 e. The van der Waals surface area contributed by atoms with Crippen molar-refractivity contribution in [3.05, 3.63) is 102 Å². The number of ether oxygens (including phenoxy) is 3. The van der Waals surface area contributed by atoms with E-state index in [1.165, 1.54) is 7.11 Å². The first-order valence-corrected chi connectivity index (χ1v) is 12.5. The van der Waals surface area contributed by atoms with E-state index in [4.69, 9.17) is 14.2 Å². The highest BCUT2D eigenvalue weighted by Gasteiger charge is 2.30. The Morgan fingerprint density at radius 1 is 0.737 bits per heavy atom. The summed E-state index contributed by atoms with van der Waals surface area (Å²) in [4.78, 5) is 37.9. The molecule has 200 valence electrons. The van der Waals surface area contributed by atoms with Crippen molar-refractivity contribution in [2.24, 2.45) is 5.92 Å². The molecule has 0 aromatic heterocycles. The number of carbonyl (C=O) groups is 3. The van der Waals surface area contributed by atoms with Crippen molar-refractivity contribution in [1.82, 2.24) is 10.6 Å². The molecule has 3 aromatic rings. The summed E-state index contributed by atoms with van der Waals surface area (Å²) in [6.07, 6.45) is -0.510. The van der Waals surface area contributed by atoms with Gasteiger partial charge in [-0.1, -0.05) is 86.6 Å². The molecular formula is C30H34N2O6. The number of methoxy groups -OCH3 is 1. The predicted molar refractivity (Wildman–Crippen MR) is 143 cm³/mol. The van der Waals surface area contributed by atoms with E-state index in [9.17, 15) is 14.4 Å². The molecule has 0 saturated heterocycles. The number of alkyl carbamates (subject to hydrolysis) is 1. The van der Waals surface area contributed by atoms with Crippen LogP contribution in [0.2, 0.25) is 0 Å². The third kappa shape index (κ3) is 8.96. The maximum atomic E-state index is 13.1. The Kier molecular flexibility index (Phi) is 10.7. The van der Waals surface area contributed by atoms with Gasteiger partial charge in [-0.25, -0.2) is 9.59 Å². The molecule has 38 heavy (non-hydrogen) atoms. The Hall–Kier alpha value is -4.33. The van der Waals surface area contributed by atoms with E-state index < -0.39 is 30.1 Å². The molecule has 2 atom stereocenters. The molecular weight excluding hydrogens is 484 g/mol. The molecule has 2 amide bonds. The highest BCUT2D eigenvalue weighted by atomic mass is 16.5. The Balaban J connectivity index is 1.57. The fourth-order valence-corrected chi connectivity index (χ4v) is 3.72. The van der Waals surface area contributed by atoms with E-state index >= 15 is 0 Å². The van der Waals surface area contributed by atoms with Gasteiger partial charge in [0, 0.05) is 6.42 Å². The van der Waals surface area contributed by atoms with E-state index in [0.717, 1.165) is 16.7 Å². The van der Waals surface area contributed by atoms with Gasteiger partial charge in [0.15, 0.2) is 0 Å². The SMILES string of the molecule is COC(=O)[C@@H](Cc1ccc(OCc2ccccc2)cc1)NC(=O)[C@@H](NC(=O)OCc1ccccc1)C(C)C. The zero-order valence-electron chi connectivity index (χ0n) is 21.9. The topological polar surface area (TPSA) is 103 Å². The lowest BCUT2D eigenvalue weighted by Crippen LogP contribution is -2.54. The number of amides is 2. The van der Waals surface area contributed by atoms with Gasteiger partial charge in [-0.2, -0.15) is 0 Å². The van der Waals surface area contributed by atoms with Crippen LogP contribution in [0.1, 0.15) is 30.5 Å². The van der Waals surface area contributed by atoms with E-state index in [0.29, 0.717) is 12.4 Å². The predicted octanol–water partition coefficient (Wildman–Crippen LogP) is 4.42. The van der Waals surface area contributed by atoms with Crippen molar-refractivity contribution in [2.75, 3.05) is 7.11 Å². The number of hydrogen-bond acceptors (Lipinski definition) is 6. The molecule has 0 aliphatic heterocycles. The lowest BCUT2D eigenvalue weighted by Gasteiger charge is -2.24. The molecule has 0 saturated carbocycles. The minimum absolute atomic E-state index is 0.0783. The average molecular weight is 519 g/mol. The quantitative estimate of drug-likeness (QED) is 0.344. The molecule has 3 rings (SSSR count). The van der Waals surface area contributed by atoms with Crippen LogP contribution in [0.3, 0.4) is 0 Å². The summed E-state index contributed by atoms with van der Waals surface area (Å²) in [7, 11) is 1.27.